The number of aryl methyl sites for hydroxylation is 2. The fourth-order valence-electron chi connectivity index (χ4n) is 3.68. The molecule has 16 heteroatoms. The first kappa shape index (κ1) is 25.1. The Kier molecular flexibility index (Phi) is 7.14. The second kappa shape index (κ2) is 9.94. The van der Waals surface area contributed by atoms with Gasteiger partial charge in [-0.1, -0.05) is 30.0 Å². The zero-order chi connectivity index (χ0) is 25.4. The minimum absolute atomic E-state index is 0.0505. The summed E-state index contributed by atoms with van der Waals surface area (Å²) in [6, 6.07) is 0.468. The lowest BCUT2D eigenvalue weighted by Gasteiger charge is -2.49. The van der Waals surface area contributed by atoms with E-state index in [1.54, 1.807) is 13.8 Å². The van der Waals surface area contributed by atoms with Crippen LogP contribution in [0.5, 0.6) is 0 Å². The van der Waals surface area contributed by atoms with Crippen LogP contribution in [0.1, 0.15) is 17.6 Å². The topological polar surface area (TPSA) is 173 Å². The van der Waals surface area contributed by atoms with Crippen molar-refractivity contribution in [2.75, 3.05) is 11.5 Å². The van der Waals surface area contributed by atoms with Crippen LogP contribution in [0.3, 0.4) is 0 Å². The van der Waals surface area contributed by atoms with Crippen LogP contribution < -0.4 is 5.32 Å². The summed E-state index contributed by atoms with van der Waals surface area (Å²) in [5.41, 5.74) is 1.10. The van der Waals surface area contributed by atoms with Gasteiger partial charge in [0.2, 0.25) is 5.91 Å². The summed E-state index contributed by atoms with van der Waals surface area (Å²) >= 11 is 4.17. The molecule has 0 aliphatic carbocycles. The zero-order valence-electron chi connectivity index (χ0n) is 18.8. The summed E-state index contributed by atoms with van der Waals surface area (Å²) in [6.07, 6.45) is 0. The number of amides is 2. The SMILES string of the molecule is Cc1nnc(SCC2=C(C(=O)O)N3C(=O)[C@H](NC(=O)[C@@H](C)Cn4nc([N+](=O)[O-])cc4C)[C@@H]3SC2)s1. The number of carbonyl (C=O) groups is 3. The second-order valence-corrected chi connectivity index (χ2v) is 11.5. The van der Waals surface area contributed by atoms with Crippen LogP contribution in [0.15, 0.2) is 21.7 Å². The van der Waals surface area contributed by atoms with Crippen LogP contribution in [-0.4, -0.2) is 75.6 Å². The smallest absolute Gasteiger partial charge is 0.390 e. The first-order valence-electron chi connectivity index (χ1n) is 10.4. The van der Waals surface area contributed by atoms with Gasteiger partial charge in [-0.3, -0.25) is 14.5 Å². The van der Waals surface area contributed by atoms with Crippen molar-refractivity contribution in [1.29, 1.82) is 0 Å². The Labute approximate surface area is 211 Å². The van der Waals surface area contributed by atoms with Crippen LogP contribution in [0.2, 0.25) is 0 Å². The summed E-state index contributed by atoms with van der Waals surface area (Å²) in [6.45, 7) is 5.21. The Morgan fingerprint density at radius 3 is 2.74 bits per heavy atom. The van der Waals surface area contributed by atoms with E-state index < -0.39 is 40.0 Å². The Balaban J connectivity index is 1.40. The highest BCUT2D eigenvalue weighted by Gasteiger charge is 2.54. The minimum Gasteiger partial charge on any atom is -0.477 e. The van der Waals surface area contributed by atoms with E-state index in [9.17, 15) is 29.6 Å². The molecular formula is C19H21N7O6S3. The molecule has 2 aliphatic heterocycles. The van der Waals surface area contributed by atoms with Gasteiger partial charge in [-0.05, 0) is 24.3 Å². The molecule has 0 saturated carbocycles. The van der Waals surface area contributed by atoms with Crippen molar-refractivity contribution in [3.8, 4) is 0 Å². The average molecular weight is 540 g/mol. The van der Waals surface area contributed by atoms with Gasteiger partial charge >= 0.3 is 11.8 Å². The maximum Gasteiger partial charge on any atom is 0.390 e. The quantitative estimate of drug-likeness (QED) is 0.204. The molecule has 35 heavy (non-hydrogen) atoms. The molecule has 1 fully saturated rings. The third-order valence-corrected chi connectivity index (χ3v) is 8.87. The average Bonchev–Trinajstić information content (AvgIpc) is 3.39. The summed E-state index contributed by atoms with van der Waals surface area (Å²) in [5, 5.41) is 35.6. The highest BCUT2D eigenvalue weighted by Crippen LogP contribution is 2.41. The normalized spacial score (nSPS) is 20.3. The zero-order valence-corrected chi connectivity index (χ0v) is 21.3. The predicted molar refractivity (Wildman–Crippen MR) is 128 cm³/mol. The molecule has 186 valence electrons. The molecule has 4 rings (SSSR count). The maximum absolute atomic E-state index is 12.9. The highest BCUT2D eigenvalue weighted by atomic mass is 32.2. The van der Waals surface area contributed by atoms with Crippen molar-refractivity contribution in [2.45, 2.75) is 43.1 Å². The van der Waals surface area contributed by atoms with Gasteiger partial charge in [-0.15, -0.1) is 22.0 Å². The third-order valence-electron chi connectivity index (χ3n) is 5.47. The number of rotatable bonds is 9. The molecular weight excluding hydrogens is 518 g/mol. The molecule has 0 unspecified atom stereocenters. The Bertz CT molecular complexity index is 1240. The van der Waals surface area contributed by atoms with Gasteiger partial charge in [0.25, 0.3) is 5.91 Å². The van der Waals surface area contributed by atoms with E-state index in [4.69, 9.17) is 0 Å². The molecule has 13 nitrogen and oxygen atoms in total. The molecule has 4 heterocycles. The first-order valence-corrected chi connectivity index (χ1v) is 13.2. The fraction of sp³-hybridized carbons (Fsp3) is 0.474. The number of carboxylic acid groups (broad SMARTS) is 1. The number of hydrogen-bond acceptors (Lipinski definition) is 11. The molecule has 0 bridgehead atoms. The molecule has 2 N–H and O–H groups in total. The van der Waals surface area contributed by atoms with Gasteiger partial charge in [-0.2, -0.15) is 4.68 Å². The third kappa shape index (κ3) is 5.04. The van der Waals surface area contributed by atoms with Crippen LogP contribution in [0, 0.1) is 29.9 Å². The van der Waals surface area contributed by atoms with E-state index in [2.05, 4.69) is 20.6 Å². The number of nitrogens with zero attached hydrogens (tertiary/aromatic N) is 6. The second-order valence-electron chi connectivity index (χ2n) is 8.01. The van der Waals surface area contributed by atoms with Crippen LogP contribution in [0.25, 0.3) is 0 Å². The van der Waals surface area contributed by atoms with Crippen LogP contribution in [0.4, 0.5) is 5.82 Å². The van der Waals surface area contributed by atoms with Crippen molar-refractivity contribution in [1.82, 2.24) is 30.2 Å². The van der Waals surface area contributed by atoms with E-state index >= 15 is 0 Å². The van der Waals surface area contributed by atoms with Gasteiger partial charge in [0, 0.05) is 11.5 Å². The summed E-state index contributed by atoms with van der Waals surface area (Å²) < 4.78 is 2.10. The number of fused-ring (bicyclic) bond motifs is 1. The van der Waals surface area contributed by atoms with Crippen LogP contribution >= 0.6 is 34.9 Å². The van der Waals surface area contributed by atoms with Gasteiger partial charge in [0.05, 0.1) is 29.3 Å². The number of carboxylic acids is 1. The number of aliphatic carboxylic acids is 1. The van der Waals surface area contributed by atoms with E-state index in [-0.39, 0.29) is 18.1 Å². The van der Waals surface area contributed by atoms with Crippen molar-refractivity contribution in [3.05, 3.63) is 38.2 Å². The number of β-lactam (4-membered cyclic amide) rings is 1. The van der Waals surface area contributed by atoms with Gasteiger partial charge < -0.3 is 20.5 Å². The number of hydrogen-bond donors (Lipinski definition) is 2. The highest BCUT2D eigenvalue weighted by molar-refractivity contribution is 8.01. The molecule has 2 aromatic heterocycles. The van der Waals surface area contributed by atoms with Gasteiger partial charge in [-0.25, -0.2) is 4.79 Å². The van der Waals surface area contributed by atoms with Gasteiger partial charge in [0.1, 0.15) is 22.1 Å². The lowest BCUT2D eigenvalue weighted by atomic mass is 10.0. The lowest BCUT2D eigenvalue weighted by Crippen LogP contribution is -2.71. The molecule has 2 aromatic rings. The monoisotopic (exact) mass is 539 g/mol. The molecule has 3 atom stereocenters. The summed E-state index contributed by atoms with van der Waals surface area (Å²) in [5.74, 6) is -2.26. The number of nitrogens with one attached hydrogen (secondary N) is 1. The number of aromatic nitrogens is 4. The van der Waals surface area contributed by atoms with E-state index in [0.717, 1.165) is 9.35 Å². The standard InChI is InChI=1S/C19H21N7O6S3/c1-8(5-24-9(2)4-12(23-24)26(31)32)15(27)20-13-16(28)25-14(18(29)30)11(6-33-17(13)25)7-34-19-22-21-10(3)35-19/h4,8,13,17H,5-7H2,1-3H3,(H,20,27)(H,29,30)/t8-,13-,17-/m0/s1. The van der Waals surface area contributed by atoms with E-state index in [1.165, 1.54) is 50.5 Å². The van der Waals surface area contributed by atoms with E-state index in [0.29, 0.717) is 22.8 Å². The van der Waals surface area contributed by atoms with E-state index in [1.807, 2.05) is 6.92 Å². The Hall–Kier alpha value is -2.98. The Morgan fingerprint density at radius 1 is 1.40 bits per heavy atom. The van der Waals surface area contributed by atoms with Crippen LogP contribution in [-0.2, 0) is 20.9 Å². The van der Waals surface area contributed by atoms with Crippen molar-refractivity contribution >= 4 is 58.5 Å². The molecule has 0 aromatic carbocycles. The summed E-state index contributed by atoms with van der Waals surface area (Å²) in [7, 11) is 0. The van der Waals surface area contributed by atoms with Crippen molar-refractivity contribution in [2.24, 2.45) is 5.92 Å². The number of carbonyl (C=O) groups excluding carboxylic acids is 2. The molecule has 1 saturated heterocycles. The fourth-order valence-corrected chi connectivity index (χ4v) is 6.99. The van der Waals surface area contributed by atoms with Crippen molar-refractivity contribution in [3.63, 3.8) is 0 Å². The first-order chi connectivity index (χ1) is 16.6. The Morgan fingerprint density at radius 2 is 2.14 bits per heavy atom. The lowest BCUT2D eigenvalue weighted by molar-refractivity contribution is -0.389. The largest absolute Gasteiger partial charge is 0.477 e. The van der Waals surface area contributed by atoms with Crippen molar-refractivity contribution < 1.29 is 24.4 Å². The number of nitro groups is 1. The molecule has 2 aliphatic rings. The minimum atomic E-state index is -1.19. The van der Waals surface area contributed by atoms with Gasteiger partial charge in [0.15, 0.2) is 4.34 Å². The molecule has 0 spiro atoms. The maximum atomic E-state index is 12.9. The molecule has 0 radical (unpaired) electrons. The number of thioether (sulfide) groups is 2. The molecule has 2 amide bonds. The predicted octanol–water partition coefficient (Wildman–Crippen LogP) is 1.43. The summed E-state index contributed by atoms with van der Waals surface area (Å²) in [4.78, 5) is 49.2.